The molecular weight excluding hydrogens is 180 g/mol. The van der Waals surface area contributed by atoms with E-state index in [2.05, 4.69) is 4.74 Å². The molecule has 0 aromatic carbocycles. The monoisotopic (exact) mass is 196 g/mol. The Hall–Kier alpha value is -1.12. The average Bonchev–Trinajstić information content (AvgIpc) is 2.16. The minimum absolute atomic E-state index is 0.206. The van der Waals surface area contributed by atoms with Gasteiger partial charge >= 0.3 is 5.97 Å². The molecule has 0 aromatic rings. The molecule has 14 heavy (non-hydrogen) atoms. The van der Waals surface area contributed by atoms with E-state index in [-0.39, 0.29) is 11.8 Å². The first-order valence-corrected chi connectivity index (χ1v) is 4.93. The number of hydrogen-bond donors (Lipinski definition) is 0. The van der Waals surface area contributed by atoms with Crippen LogP contribution >= 0.6 is 0 Å². The largest absolute Gasteiger partial charge is 0.469 e. The molecule has 0 N–H and O–H groups in total. The van der Waals surface area contributed by atoms with Crippen LogP contribution in [0.15, 0.2) is 11.1 Å². The molecule has 0 saturated carbocycles. The van der Waals surface area contributed by atoms with Crippen molar-refractivity contribution in [2.24, 2.45) is 0 Å². The highest BCUT2D eigenvalue weighted by atomic mass is 16.5. The SMILES string of the molecule is COC(=O)CCC1=C(C)CCCC1=O. The van der Waals surface area contributed by atoms with Crippen LogP contribution in [0.2, 0.25) is 0 Å². The molecule has 0 atom stereocenters. The zero-order chi connectivity index (χ0) is 10.6. The van der Waals surface area contributed by atoms with Gasteiger partial charge in [0.2, 0.25) is 0 Å². The molecule has 3 heteroatoms. The van der Waals surface area contributed by atoms with Gasteiger partial charge in [-0.15, -0.1) is 0 Å². The highest BCUT2D eigenvalue weighted by Crippen LogP contribution is 2.24. The molecule has 0 amide bonds. The number of carbonyl (C=O) groups excluding carboxylic acids is 2. The van der Waals surface area contributed by atoms with Crippen molar-refractivity contribution in [3.05, 3.63) is 11.1 Å². The van der Waals surface area contributed by atoms with E-state index in [0.717, 1.165) is 24.0 Å². The standard InChI is InChI=1S/C11H16O3/c1-8-4-3-5-10(12)9(8)6-7-11(13)14-2/h3-7H2,1-2H3. The van der Waals surface area contributed by atoms with Gasteiger partial charge in [-0.3, -0.25) is 9.59 Å². The Labute approximate surface area is 84.1 Å². The van der Waals surface area contributed by atoms with Gasteiger partial charge in [0.15, 0.2) is 5.78 Å². The summed E-state index contributed by atoms with van der Waals surface area (Å²) in [5.74, 6) is -0.0404. The summed E-state index contributed by atoms with van der Waals surface area (Å²) in [6.07, 6.45) is 3.43. The number of rotatable bonds is 3. The van der Waals surface area contributed by atoms with Crippen molar-refractivity contribution < 1.29 is 14.3 Å². The van der Waals surface area contributed by atoms with Crippen molar-refractivity contribution in [1.82, 2.24) is 0 Å². The second kappa shape index (κ2) is 4.94. The Kier molecular flexibility index (Phi) is 3.86. The van der Waals surface area contributed by atoms with Crippen LogP contribution in [0.5, 0.6) is 0 Å². The molecule has 0 saturated heterocycles. The van der Waals surface area contributed by atoms with Gasteiger partial charge in [-0.25, -0.2) is 0 Å². The van der Waals surface area contributed by atoms with E-state index in [9.17, 15) is 9.59 Å². The highest BCUT2D eigenvalue weighted by Gasteiger charge is 2.18. The lowest BCUT2D eigenvalue weighted by atomic mass is 9.89. The van der Waals surface area contributed by atoms with Crippen LogP contribution in [-0.2, 0) is 14.3 Å². The first kappa shape index (κ1) is 11.0. The normalized spacial score (nSPS) is 17.1. The highest BCUT2D eigenvalue weighted by molar-refractivity contribution is 5.97. The molecule has 0 bridgehead atoms. The van der Waals surface area contributed by atoms with Gasteiger partial charge in [0.25, 0.3) is 0 Å². The minimum atomic E-state index is -0.247. The van der Waals surface area contributed by atoms with Crippen molar-refractivity contribution in [2.45, 2.75) is 39.0 Å². The number of Topliss-reactive ketones (excluding diaryl/α,β-unsaturated/α-hetero) is 1. The number of methoxy groups -OCH3 is 1. The maximum Gasteiger partial charge on any atom is 0.305 e. The minimum Gasteiger partial charge on any atom is -0.469 e. The zero-order valence-electron chi connectivity index (χ0n) is 8.76. The molecule has 0 heterocycles. The summed E-state index contributed by atoms with van der Waals surface area (Å²) >= 11 is 0. The lowest BCUT2D eigenvalue weighted by molar-refractivity contribution is -0.140. The summed E-state index contributed by atoms with van der Waals surface area (Å²) in [6.45, 7) is 1.98. The number of ketones is 1. The van der Waals surface area contributed by atoms with E-state index in [4.69, 9.17) is 0 Å². The van der Waals surface area contributed by atoms with Crippen LogP contribution < -0.4 is 0 Å². The van der Waals surface area contributed by atoms with Gasteiger partial charge in [0.1, 0.15) is 0 Å². The fourth-order valence-electron chi connectivity index (χ4n) is 1.74. The molecule has 3 nitrogen and oxygen atoms in total. The Morgan fingerprint density at radius 1 is 1.43 bits per heavy atom. The van der Waals surface area contributed by atoms with Gasteiger partial charge in [0.05, 0.1) is 7.11 Å². The molecule has 0 radical (unpaired) electrons. The summed E-state index contributed by atoms with van der Waals surface area (Å²) in [4.78, 5) is 22.4. The number of ether oxygens (including phenoxy) is 1. The number of hydrogen-bond acceptors (Lipinski definition) is 3. The first-order chi connectivity index (χ1) is 6.65. The molecular formula is C11H16O3. The summed E-state index contributed by atoms with van der Waals surface area (Å²) in [6, 6.07) is 0. The second-order valence-electron chi connectivity index (χ2n) is 3.61. The molecule has 1 aliphatic rings. The molecule has 0 aromatic heterocycles. The van der Waals surface area contributed by atoms with E-state index in [1.54, 1.807) is 0 Å². The fourth-order valence-corrected chi connectivity index (χ4v) is 1.74. The summed E-state index contributed by atoms with van der Waals surface area (Å²) < 4.78 is 4.54. The van der Waals surface area contributed by atoms with Crippen molar-refractivity contribution in [3.8, 4) is 0 Å². The Morgan fingerprint density at radius 3 is 2.71 bits per heavy atom. The third-order valence-corrected chi connectivity index (χ3v) is 2.61. The Morgan fingerprint density at radius 2 is 2.14 bits per heavy atom. The van der Waals surface area contributed by atoms with Gasteiger partial charge in [-0.05, 0) is 31.8 Å². The molecule has 1 aliphatic carbocycles. The van der Waals surface area contributed by atoms with Gasteiger partial charge in [0, 0.05) is 12.8 Å². The van der Waals surface area contributed by atoms with Crippen LogP contribution in [0.3, 0.4) is 0 Å². The van der Waals surface area contributed by atoms with Crippen LogP contribution in [0.4, 0.5) is 0 Å². The fraction of sp³-hybridized carbons (Fsp3) is 0.636. The smallest absolute Gasteiger partial charge is 0.305 e. The van der Waals surface area contributed by atoms with Crippen molar-refractivity contribution in [3.63, 3.8) is 0 Å². The van der Waals surface area contributed by atoms with E-state index >= 15 is 0 Å². The van der Waals surface area contributed by atoms with Crippen LogP contribution in [0.1, 0.15) is 39.0 Å². The zero-order valence-corrected chi connectivity index (χ0v) is 8.76. The average molecular weight is 196 g/mol. The van der Waals surface area contributed by atoms with Gasteiger partial charge in [-0.2, -0.15) is 0 Å². The third kappa shape index (κ3) is 2.69. The number of carbonyl (C=O) groups is 2. The molecule has 0 fully saturated rings. The molecule has 0 unspecified atom stereocenters. The molecule has 1 rings (SSSR count). The third-order valence-electron chi connectivity index (χ3n) is 2.61. The Bertz CT molecular complexity index is 276. The quantitative estimate of drug-likeness (QED) is 0.648. The van der Waals surface area contributed by atoms with Crippen molar-refractivity contribution in [2.75, 3.05) is 7.11 Å². The maximum atomic E-state index is 11.5. The second-order valence-corrected chi connectivity index (χ2v) is 3.61. The van der Waals surface area contributed by atoms with E-state index in [0.29, 0.717) is 19.3 Å². The van der Waals surface area contributed by atoms with E-state index in [1.807, 2.05) is 6.92 Å². The summed E-state index contributed by atoms with van der Waals surface area (Å²) in [5.41, 5.74) is 1.99. The van der Waals surface area contributed by atoms with E-state index in [1.165, 1.54) is 7.11 Å². The predicted molar refractivity (Wildman–Crippen MR) is 52.8 cm³/mol. The summed E-state index contributed by atoms with van der Waals surface area (Å²) in [5, 5.41) is 0. The topological polar surface area (TPSA) is 43.4 Å². The first-order valence-electron chi connectivity index (χ1n) is 4.93. The van der Waals surface area contributed by atoms with Crippen molar-refractivity contribution in [1.29, 1.82) is 0 Å². The van der Waals surface area contributed by atoms with Gasteiger partial charge in [-0.1, -0.05) is 5.57 Å². The maximum absolute atomic E-state index is 11.5. The van der Waals surface area contributed by atoms with E-state index < -0.39 is 0 Å². The van der Waals surface area contributed by atoms with Crippen LogP contribution in [-0.4, -0.2) is 18.9 Å². The number of allylic oxidation sites excluding steroid dienone is 2. The molecule has 78 valence electrons. The Balaban J connectivity index is 2.57. The van der Waals surface area contributed by atoms with Crippen LogP contribution in [0.25, 0.3) is 0 Å². The van der Waals surface area contributed by atoms with Crippen LogP contribution in [0, 0.1) is 0 Å². The number of esters is 1. The van der Waals surface area contributed by atoms with Gasteiger partial charge < -0.3 is 4.74 Å². The molecule has 0 spiro atoms. The predicted octanol–water partition coefficient (Wildman–Crippen LogP) is 2.01. The van der Waals surface area contributed by atoms with Crippen molar-refractivity contribution >= 4 is 11.8 Å². The lowest BCUT2D eigenvalue weighted by Gasteiger charge is -2.15. The summed E-state index contributed by atoms with van der Waals surface area (Å²) in [7, 11) is 1.37. The molecule has 0 aliphatic heterocycles. The lowest BCUT2D eigenvalue weighted by Crippen LogP contribution is -2.12.